The van der Waals surface area contributed by atoms with Crippen molar-refractivity contribution >= 4 is 27.6 Å². The van der Waals surface area contributed by atoms with Crippen molar-refractivity contribution in [1.82, 2.24) is 4.72 Å². The Labute approximate surface area is 158 Å². The number of hydrogen-bond acceptors (Lipinski definition) is 5. The van der Waals surface area contributed by atoms with Crippen LogP contribution >= 0.6 is 11.6 Å². The summed E-state index contributed by atoms with van der Waals surface area (Å²) in [6.07, 6.45) is 0. The van der Waals surface area contributed by atoms with Crippen molar-refractivity contribution in [2.24, 2.45) is 0 Å². The molecule has 0 aliphatic heterocycles. The summed E-state index contributed by atoms with van der Waals surface area (Å²) in [5.74, 6) is -0.129. The van der Waals surface area contributed by atoms with Gasteiger partial charge in [-0.3, -0.25) is 4.79 Å². The first-order valence-corrected chi connectivity index (χ1v) is 9.75. The maximum Gasteiger partial charge on any atom is 0.321 e. The molecule has 0 saturated heterocycles. The van der Waals surface area contributed by atoms with Gasteiger partial charge in [-0.1, -0.05) is 23.7 Å². The van der Waals surface area contributed by atoms with Crippen molar-refractivity contribution in [2.45, 2.75) is 18.7 Å². The van der Waals surface area contributed by atoms with Crippen LogP contribution in [0.25, 0.3) is 0 Å². The molecule has 0 aliphatic carbocycles. The zero-order valence-corrected chi connectivity index (χ0v) is 16.1. The number of carbonyl (C=O) groups is 1. The molecule has 26 heavy (non-hydrogen) atoms. The highest BCUT2D eigenvalue weighted by molar-refractivity contribution is 7.89. The average Bonchev–Trinajstić information content (AvgIpc) is 2.59. The molecular formula is C18H20ClNO5S. The molecule has 0 radical (unpaired) electrons. The third-order valence-corrected chi connectivity index (χ3v) is 5.24. The second-order valence-corrected chi connectivity index (χ2v) is 7.80. The first kappa shape index (κ1) is 20.2. The van der Waals surface area contributed by atoms with Crippen LogP contribution in [0.1, 0.15) is 11.1 Å². The van der Waals surface area contributed by atoms with E-state index in [4.69, 9.17) is 21.1 Å². The number of hydrogen-bond donors (Lipinski definition) is 1. The monoisotopic (exact) mass is 397 g/mol. The van der Waals surface area contributed by atoms with E-state index >= 15 is 0 Å². The zero-order valence-electron chi connectivity index (χ0n) is 14.5. The number of sulfonamides is 1. The molecule has 1 N–H and O–H groups in total. The van der Waals surface area contributed by atoms with Gasteiger partial charge in [-0.25, -0.2) is 8.42 Å². The maximum absolute atomic E-state index is 12.2. The Morgan fingerprint density at radius 3 is 2.54 bits per heavy atom. The molecule has 0 amide bonds. The third-order valence-electron chi connectivity index (χ3n) is 3.61. The number of carbonyl (C=O) groups excluding carboxylic acids is 1. The second kappa shape index (κ2) is 9.02. The lowest BCUT2D eigenvalue weighted by atomic mass is 10.1. The predicted octanol–water partition coefficient (Wildman–Crippen LogP) is 2.86. The van der Waals surface area contributed by atoms with Gasteiger partial charge < -0.3 is 9.47 Å². The first-order chi connectivity index (χ1) is 12.3. The normalized spacial score (nSPS) is 11.2. The Balaban J connectivity index is 1.76. The highest BCUT2D eigenvalue weighted by Crippen LogP contribution is 2.17. The van der Waals surface area contributed by atoms with Crippen LogP contribution in [0.4, 0.5) is 0 Å². The van der Waals surface area contributed by atoms with Gasteiger partial charge in [-0.15, -0.1) is 0 Å². The van der Waals surface area contributed by atoms with E-state index in [1.54, 1.807) is 36.4 Å². The van der Waals surface area contributed by atoms with Gasteiger partial charge in [0.2, 0.25) is 10.0 Å². The second-order valence-electron chi connectivity index (χ2n) is 5.60. The minimum atomic E-state index is -3.77. The Kier molecular flexibility index (Phi) is 7.02. The van der Waals surface area contributed by atoms with E-state index in [1.165, 1.54) is 6.07 Å². The fraction of sp³-hybridized carbons (Fsp3) is 0.278. The molecule has 0 saturated carbocycles. The summed E-state index contributed by atoms with van der Waals surface area (Å²) >= 11 is 5.83. The molecule has 0 spiro atoms. The topological polar surface area (TPSA) is 81.7 Å². The molecule has 2 aromatic rings. The first-order valence-electron chi connectivity index (χ1n) is 7.89. The van der Waals surface area contributed by atoms with E-state index in [-0.39, 0.29) is 18.1 Å². The van der Waals surface area contributed by atoms with Gasteiger partial charge in [0.05, 0.1) is 4.90 Å². The van der Waals surface area contributed by atoms with E-state index in [0.29, 0.717) is 10.8 Å². The lowest BCUT2D eigenvalue weighted by molar-refractivity contribution is -0.142. The van der Waals surface area contributed by atoms with Gasteiger partial charge in [-0.2, -0.15) is 4.72 Å². The number of benzene rings is 2. The highest BCUT2D eigenvalue weighted by atomic mass is 35.5. The molecule has 2 rings (SSSR count). The quantitative estimate of drug-likeness (QED) is 0.547. The van der Waals surface area contributed by atoms with Crippen LogP contribution < -0.4 is 9.46 Å². The van der Waals surface area contributed by atoms with Crippen LogP contribution in [0.2, 0.25) is 5.02 Å². The molecule has 140 valence electrons. The van der Waals surface area contributed by atoms with Crippen LogP contribution in [0, 0.1) is 13.8 Å². The Bertz CT molecular complexity index is 883. The number of esters is 1. The fourth-order valence-electron chi connectivity index (χ4n) is 2.04. The van der Waals surface area contributed by atoms with Gasteiger partial charge >= 0.3 is 5.97 Å². The summed E-state index contributed by atoms with van der Waals surface area (Å²) in [5, 5.41) is 0.542. The van der Waals surface area contributed by atoms with E-state index in [1.807, 2.05) is 13.8 Å². The Hall–Kier alpha value is -2.09. The highest BCUT2D eigenvalue weighted by Gasteiger charge is 2.16. The molecule has 0 unspecified atom stereocenters. The number of halogens is 1. The smallest absolute Gasteiger partial charge is 0.321 e. The average molecular weight is 398 g/mol. The fourth-order valence-corrected chi connectivity index (χ4v) is 3.28. The Morgan fingerprint density at radius 2 is 1.85 bits per heavy atom. The third kappa shape index (κ3) is 6.01. The van der Waals surface area contributed by atoms with Gasteiger partial charge in [0.1, 0.15) is 25.5 Å². The van der Waals surface area contributed by atoms with Gasteiger partial charge in [-0.05, 0) is 55.3 Å². The largest absolute Gasteiger partial charge is 0.490 e. The van der Waals surface area contributed by atoms with Crippen molar-refractivity contribution in [3.05, 3.63) is 58.6 Å². The maximum atomic E-state index is 12.2. The SMILES string of the molecule is Cc1ccc(S(=O)(=O)NCC(=O)OCCOc2cccc(Cl)c2)cc1C. The predicted molar refractivity (Wildman–Crippen MR) is 99.0 cm³/mol. The molecular weight excluding hydrogens is 378 g/mol. The summed E-state index contributed by atoms with van der Waals surface area (Å²) in [7, 11) is -3.77. The van der Waals surface area contributed by atoms with Gasteiger partial charge in [0.25, 0.3) is 0 Å². The molecule has 2 aromatic carbocycles. The molecule has 0 heterocycles. The van der Waals surface area contributed by atoms with Crippen molar-refractivity contribution < 1.29 is 22.7 Å². The molecule has 6 nitrogen and oxygen atoms in total. The summed E-state index contributed by atoms with van der Waals surface area (Å²) in [6, 6.07) is 11.6. The van der Waals surface area contributed by atoms with Crippen molar-refractivity contribution in [3.63, 3.8) is 0 Å². The summed E-state index contributed by atoms with van der Waals surface area (Å²) in [4.78, 5) is 11.8. The van der Waals surface area contributed by atoms with Crippen LogP contribution in [-0.2, 0) is 19.6 Å². The minimum Gasteiger partial charge on any atom is -0.490 e. The summed E-state index contributed by atoms with van der Waals surface area (Å²) in [6.45, 7) is 3.39. The number of aryl methyl sites for hydroxylation is 2. The van der Waals surface area contributed by atoms with E-state index in [0.717, 1.165) is 11.1 Å². The van der Waals surface area contributed by atoms with Crippen molar-refractivity contribution in [1.29, 1.82) is 0 Å². The number of nitrogens with one attached hydrogen (secondary N) is 1. The van der Waals surface area contributed by atoms with E-state index in [2.05, 4.69) is 4.72 Å². The minimum absolute atomic E-state index is 0.00326. The van der Waals surface area contributed by atoms with Crippen LogP contribution in [0.5, 0.6) is 5.75 Å². The summed E-state index contributed by atoms with van der Waals surface area (Å²) < 4.78 is 36.9. The van der Waals surface area contributed by atoms with Crippen LogP contribution in [0.15, 0.2) is 47.4 Å². The number of rotatable bonds is 8. The lowest BCUT2D eigenvalue weighted by Gasteiger charge is -2.10. The Morgan fingerprint density at radius 1 is 1.08 bits per heavy atom. The van der Waals surface area contributed by atoms with Crippen molar-refractivity contribution in [2.75, 3.05) is 19.8 Å². The van der Waals surface area contributed by atoms with Crippen LogP contribution in [0.3, 0.4) is 0 Å². The summed E-state index contributed by atoms with van der Waals surface area (Å²) in [5.41, 5.74) is 1.84. The molecule has 0 fully saturated rings. The standard InChI is InChI=1S/C18H20ClNO5S/c1-13-6-7-17(10-14(13)2)26(22,23)20-12-18(21)25-9-8-24-16-5-3-4-15(19)11-16/h3-7,10-11,20H,8-9,12H2,1-2H3. The van der Waals surface area contributed by atoms with E-state index in [9.17, 15) is 13.2 Å². The zero-order chi connectivity index (χ0) is 19.2. The van der Waals surface area contributed by atoms with Crippen molar-refractivity contribution in [3.8, 4) is 5.75 Å². The molecule has 0 aliphatic rings. The van der Waals surface area contributed by atoms with Gasteiger partial charge in [0, 0.05) is 5.02 Å². The molecule has 8 heteroatoms. The molecule has 0 atom stereocenters. The lowest BCUT2D eigenvalue weighted by Crippen LogP contribution is -2.31. The molecule has 0 bridgehead atoms. The number of ether oxygens (including phenoxy) is 2. The van der Waals surface area contributed by atoms with Crippen LogP contribution in [-0.4, -0.2) is 34.1 Å². The van der Waals surface area contributed by atoms with E-state index < -0.39 is 22.5 Å². The van der Waals surface area contributed by atoms with Gasteiger partial charge in [0.15, 0.2) is 0 Å². The molecule has 0 aromatic heterocycles.